The summed E-state index contributed by atoms with van der Waals surface area (Å²) in [5, 5.41) is 25.3. The number of hydrogen-bond donors (Lipinski definition) is 3. The van der Waals surface area contributed by atoms with Crippen LogP contribution >= 0.6 is 0 Å². The van der Waals surface area contributed by atoms with E-state index in [0.717, 1.165) is 0 Å². The molecule has 0 aromatic heterocycles. The van der Waals surface area contributed by atoms with Crippen molar-refractivity contribution in [2.75, 3.05) is 0 Å². The Labute approximate surface area is 78.2 Å². The number of esters is 1. The molecule has 1 rings (SSSR count). The van der Waals surface area contributed by atoms with E-state index in [9.17, 15) is 4.79 Å². The van der Waals surface area contributed by atoms with Gasteiger partial charge in [0.05, 0.1) is 0 Å². The van der Waals surface area contributed by atoms with Crippen LogP contribution in [0, 0.1) is 0 Å². The summed E-state index contributed by atoms with van der Waals surface area (Å²) in [7, 11) is 0. The smallest absolute Gasteiger partial charge is 0.351 e. The number of carbonyl (C=O) groups excluding carboxylic acids is 1. The Morgan fingerprint density at radius 3 is 2.00 bits per heavy atom. The van der Waals surface area contributed by atoms with Gasteiger partial charge in [-0.2, -0.15) is 0 Å². The summed E-state index contributed by atoms with van der Waals surface area (Å²) in [4.78, 5) is 10.2. The van der Waals surface area contributed by atoms with Gasteiger partial charge in [0.2, 0.25) is 11.9 Å². The first-order valence-electron chi connectivity index (χ1n) is 2.15. The number of ether oxygens (including phenoxy) is 1. The van der Waals surface area contributed by atoms with Gasteiger partial charge in [0.25, 0.3) is 0 Å². The number of aliphatic hydroxyl groups excluding tert-OH is 3. The van der Waals surface area contributed by atoms with E-state index in [2.05, 4.69) is 4.74 Å². The molecule has 1 aliphatic rings. The summed E-state index contributed by atoms with van der Waals surface area (Å²) in [6, 6.07) is 0. The second kappa shape index (κ2) is 3.25. The molecule has 51 valence electrons. The van der Waals surface area contributed by atoms with Gasteiger partial charge < -0.3 is 20.1 Å². The fraction of sp³-hybridized carbons (Fsp3) is 0.250. The largest absolute Gasteiger partial charge is 0.503 e. The van der Waals surface area contributed by atoms with Gasteiger partial charge in [-0.3, -0.25) is 0 Å². The first-order chi connectivity index (χ1) is 4.13. The summed E-state index contributed by atoms with van der Waals surface area (Å²) in [5.74, 6) is -2.82. The van der Waals surface area contributed by atoms with Gasteiger partial charge in [-0.05, 0) is 0 Å². The Balaban J connectivity index is 0.000000810. The van der Waals surface area contributed by atoms with E-state index in [4.69, 9.17) is 15.3 Å². The standard InChI is InChI=1S/C4H4O5.Na/c5-1-2(6)4(8)9-3(1)7;/h1,5-6,8H;. The zero-order chi connectivity index (χ0) is 7.02. The molecule has 5 nitrogen and oxygen atoms in total. The van der Waals surface area contributed by atoms with Crippen molar-refractivity contribution in [3.8, 4) is 0 Å². The summed E-state index contributed by atoms with van der Waals surface area (Å²) >= 11 is 0. The second-order valence-corrected chi connectivity index (χ2v) is 1.51. The predicted molar refractivity (Wildman–Crippen MR) is 30.1 cm³/mol. The van der Waals surface area contributed by atoms with Crippen molar-refractivity contribution < 1.29 is 24.9 Å². The Bertz CT molecular complexity index is 186. The molecule has 0 saturated heterocycles. The number of aliphatic hydroxyl groups is 3. The molecular weight excluding hydrogens is 151 g/mol. The molecule has 0 fully saturated rings. The van der Waals surface area contributed by atoms with Gasteiger partial charge in [-0.25, -0.2) is 4.79 Å². The SMILES string of the molecule is O=C1OC(O)=C(O)C1O.[Na]. The van der Waals surface area contributed by atoms with Crippen molar-refractivity contribution in [3.05, 3.63) is 11.7 Å². The van der Waals surface area contributed by atoms with Crippen molar-refractivity contribution in [2.24, 2.45) is 0 Å². The van der Waals surface area contributed by atoms with E-state index >= 15 is 0 Å². The first-order valence-corrected chi connectivity index (χ1v) is 2.15. The van der Waals surface area contributed by atoms with Gasteiger partial charge in [-0.15, -0.1) is 0 Å². The molecule has 6 heteroatoms. The molecule has 1 radical (unpaired) electrons. The molecular formula is C4H4NaO5. The predicted octanol–water partition coefficient (Wildman–Crippen LogP) is -1.19. The number of carbonyl (C=O) groups is 1. The van der Waals surface area contributed by atoms with E-state index in [1.54, 1.807) is 0 Å². The van der Waals surface area contributed by atoms with E-state index in [-0.39, 0.29) is 29.6 Å². The maximum Gasteiger partial charge on any atom is 0.351 e. The van der Waals surface area contributed by atoms with Crippen molar-refractivity contribution in [1.82, 2.24) is 0 Å². The quantitative estimate of drug-likeness (QED) is 0.302. The van der Waals surface area contributed by atoms with Crippen LogP contribution in [0.15, 0.2) is 11.7 Å². The van der Waals surface area contributed by atoms with E-state index in [1.807, 2.05) is 0 Å². The molecule has 1 heterocycles. The third kappa shape index (κ3) is 1.43. The van der Waals surface area contributed by atoms with Crippen molar-refractivity contribution in [2.45, 2.75) is 6.10 Å². The molecule has 10 heavy (non-hydrogen) atoms. The summed E-state index contributed by atoms with van der Waals surface area (Å²) < 4.78 is 3.88. The Morgan fingerprint density at radius 2 is 1.90 bits per heavy atom. The fourth-order valence-corrected chi connectivity index (χ4v) is 0.432. The monoisotopic (exact) mass is 155 g/mol. The molecule has 1 aliphatic heterocycles. The normalized spacial score (nSPS) is 24.1. The van der Waals surface area contributed by atoms with Crippen LogP contribution in [0.2, 0.25) is 0 Å². The van der Waals surface area contributed by atoms with Crippen LogP contribution in [0.3, 0.4) is 0 Å². The van der Waals surface area contributed by atoms with E-state index < -0.39 is 23.8 Å². The van der Waals surface area contributed by atoms with Crippen LogP contribution < -0.4 is 0 Å². The molecule has 1 atom stereocenters. The fourth-order valence-electron chi connectivity index (χ4n) is 0.432. The maximum absolute atomic E-state index is 10.2. The van der Waals surface area contributed by atoms with Gasteiger partial charge in [0, 0.05) is 29.6 Å². The van der Waals surface area contributed by atoms with Crippen LogP contribution in [0.1, 0.15) is 0 Å². The molecule has 0 spiro atoms. The first kappa shape index (κ1) is 9.77. The van der Waals surface area contributed by atoms with Gasteiger partial charge in [0.1, 0.15) is 0 Å². The average molecular weight is 155 g/mol. The third-order valence-electron chi connectivity index (χ3n) is 0.899. The number of hydrogen-bond acceptors (Lipinski definition) is 5. The van der Waals surface area contributed by atoms with Gasteiger partial charge in [0.15, 0.2) is 0 Å². The summed E-state index contributed by atoms with van der Waals surface area (Å²) in [6.45, 7) is 0. The molecule has 0 bridgehead atoms. The molecule has 0 aliphatic carbocycles. The summed E-state index contributed by atoms with van der Waals surface area (Å²) in [5.41, 5.74) is 0. The van der Waals surface area contributed by atoms with E-state index in [0.29, 0.717) is 0 Å². The second-order valence-electron chi connectivity index (χ2n) is 1.51. The van der Waals surface area contributed by atoms with Gasteiger partial charge in [-0.1, -0.05) is 0 Å². The van der Waals surface area contributed by atoms with E-state index in [1.165, 1.54) is 0 Å². The average Bonchev–Trinajstić information content (AvgIpc) is 1.98. The minimum Gasteiger partial charge on any atom is -0.503 e. The van der Waals surface area contributed by atoms with Crippen LogP contribution in [0.25, 0.3) is 0 Å². The van der Waals surface area contributed by atoms with Crippen molar-refractivity contribution in [3.63, 3.8) is 0 Å². The molecule has 0 aromatic carbocycles. The zero-order valence-electron chi connectivity index (χ0n) is 5.24. The Morgan fingerprint density at radius 1 is 1.40 bits per heavy atom. The minimum absolute atomic E-state index is 0. The number of rotatable bonds is 0. The Hall–Kier alpha value is -0.230. The third-order valence-corrected chi connectivity index (χ3v) is 0.899. The van der Waals surface area contributed by atoms with Crippen molar-refractivity contribution >= 4 is 35.5 Å². The van der Waals surface area contributed by atoms with Crippen LogP contribution in [0.4, 0.5) is 0 Å². The molecule has 0 aromatic rings. The molecule has 1 unspecified atom stereocenters. The molecule has 0 amide bonds. The minimum atomic E-state index is -1.72. The number of cyclic esters (lactones) is 1. The van der Waals surface area contributed by atoms with Crippen molar-refractivity contribution in [1.29, 1.82) is 0 Å². The molecule has 3 N–H and O–H groups in total. The topological polar surface area (TPSA) is 87.0 Å². The zero-order valence-corrected chi connectivity index (χ0v) is 7.24. The van der Waals surface area contributed by atoms with Gasteiger partial charge >= 0.3 is 11.9 Å². The summed E-state index contributed by atoms with van der Waals surface area (Å²) in [6.07, 6.45) is -1.72. The Kier molecular flexibility index (Phi) is 3.17. The maximum atomic E-state index is 10.2. The van der Waals surface area contributed by atoms with Crippen LogP contribution in [-0.4, -0.2) is 57.0 Å². The van der Waals surface area contributed by atoms with Crippen LogP contribution in [-0.2, 0) is 9.53 Å². The molecule has 0 saturated carbocycles. The van der Waals surface area contributed by atoms with Crippen LogP contribution in [0.5, 0.6) is 0 Å².